The summed E-state index contributed by atoms with van der Waals surface area (Å²) in [5, 5.41) is 12.9. The Bertz CT molecular complexity index is 398. The van der Waals surface area contributed by atoms with Crippen LogP contribution < -0.4 is 10.1 Å². The van der Waals surface area contributed by atoms with Crippen LogP contribution in [0.5, 0.6) is 5.75 Å². The predicted octanol–water partition coefficient (Wildman–Crippen LogP) is 3.06. The van der Waals surface area contributed by atoms with Gasteiger partial charge in [-0.2, -0.15) is 0 Å². The molecule has 0 aromatic heterocycles. The maximum Gasteiger partial charge on any atom is 0.132 e. The van der Waals surface area contributed by atoms with E-state index in [4.69, 9.17) is 4.74 Å². The Kier molecular flexibility index (Phi) is 6.69. The fourth-order valence-corrected chi connectivity index (χ4v) is 2.70. The summed E-state index contributed by atoms with van der Waals surface area (Å²) in [5.74, 6) is 0.912. The van der Waals surface area contributed by atoms with Gasteiger partial charge < -0.3 is 15.2 Å². The smallest absolute Gasteiger partial charge is 0.132 e. The highest BCUT2D eigenvalue weighted by atomic mass is 32.2. The molecule has 2 N–H and O–H groups in total. The third kappa shape index (κ3) is 4.71. The van der Waals surface area contributed by atoms with Gasteiger partial charge in [-0.25, -0.2) is 0 Å². The summed E-state index contributed by atoms with van der Waals surface area (Å²) in [6.07, 6.45) is 4.07. The zero-order valence-electron chi connectivity index (χ0n) is 12.3. The molecular formula is C15H25NO2S. The maximum atomic E-state index is 9.49. The van der Waals surface area contributed by atoms with E-state index in [1.54, 1.807) is 18.9 Å². The summed E-state index contributed by atoms with van der Waals surface area (Å²) in [7, 11) is 1.69. The Hall–Kier alpha value is -0.710. The monoisotopic (exact) mass is 283 g/mol. The number of aliphatic hydroxyl groups excluding tert-OH is 1. The summed E-state index contributed by atoms with van der Waals surface area (Å²) in [5.41, 5.74) is 1.01. The number of aliphatic hydroxyl groups is 1. The van der Waals surface area contributed by atoms with Crippen LogP contribution in [0, 0.1) is 0 Å². The molecule has 1 atom stereocenters. The number of thioether (sulfide) groups is 1. The Labute approximate surface area is 120 Å². The summed E-state index contributed by atoms with van der Waals surface area (Å²) < 4.78 is 5.32. The quantitative estimate of drug-likeness (QED) is 0.720. The lowest BCUT2D eigenvalue weighted by atomic mass is 9.97. The molecule has 1 aromatic carbocycles. The lowest BCUT2D eigenvalue weighted by Crippen LogP contribution is -2.45. The van der Waals surface area contributed by atoms with E-state index in [0.29, 0.717) is 0 Å². The highest BCUT2D eigenvalue weighted by Gasteiger charge is 2.21. The van der Waals surface area contributed by atoms with Crippen LogP contribution >= 0.6 is 11.8 Å². The molecule has 3 nitrogen and oxygen atoms in total. The minimum atomic E-state index is -0.200. The molecule has 0 spiro atoms. The van der Waals surface area contributed by atoms with Crippen LogP contribution in [0.3, 0.4) is 0 Å². The van der Waals surface area contributed by atoms with E-state index >= 15 is 0 Å². The number of hydrogen-bond donors (Lipinski definition) is 2. The predicted molar refractivity (Wildman–Crippen MR) is 82.0 cm³/mol. The van der Waals surface area contributed by atoms with Gasteiger partial charge in [0.15, 0.2) is 0 Å². The van der Waals surface area contributed by atoms with Gasteiger partial charge >= 0.3 is 0 Å². The Morgan fingerprint density at radius 2 is 2.16 bits per heavy atom. The highest BCUT2D eigenvalue weighted by Crippen LogP contribution is 2.28. The summed E-state index contributed by atoms with van der Waals surface area (Å²) >= 11 is 1.68. The van der Waals surface area contributed by atoms with Crippen molar-refractivity contribution in [2.45, 2.75) is 43.7 Å². The molecule has 0 aliphatic carbocycles. The highest BCUT2D eigenvalue weighted by molar-refractivity contribution is 7.98. The van der Waals surface area contributed by atoms with Crippen molar-refractivity contribution in [3.8, 4) is 5.75 Å². The molecule has 1 aromatic rings. The lowest BCUT2D eigenvalue weighted by molar-refractivity contribution is 0.163. The van der Waals surface area contributed by atoms with Crippen LogP contribution in [0.1, 0.15) is 32.3 Å². The number of rotatable bonds is 8. The van der Waals surface area contributed by atoms with Crippen molar-refractivity contribution in [3.63, 3.8) is 0 Å². The van der Waals surface area contributed by atoms with Gasteiger partial charge in [0.1, 0.15) is 5.75 Å². The van der Waals surface area contributed by atoms with Gasteiger partial charge in [0.05, 0.1) is 13.7 Å². The van der Waals surface area contributed by atoms with Crippen LogP contribution in [0.15, 0.2) is 23.1 Å². The molecule has 1 rings (SSSR count). The maximum absolute atomic E-state index is 9.49. The Balaban J connectivity index is 2.72. The van der Waals surface area contributed by atoms with Crippen LogP contribution in [-0.4, -0.2) is 30.6 Å². The zero-order chi connectivity index (χ0) is 14.3. The van der Waals surface area contributed by atoms with Gasteiger partial charge in [0, 0.05) is 17.0 Å². The standard InChI is InChI=1S/C15H25NO2S/c1-5-8-15(2,11-17)16-10-12-6-7-13(18-3)14(9-12)19-4/h6-7,9,16-17H,5,8,10-11H2,1-4H3. The SMILES string of the molecule is CCCC(C)(CO)NCc1ccc(OC)c(SC)c1. The third-order valence-corrected chi connectivity index (χ3v) is 4.08. The number of hydrogen-bond acceptors (Lipinski definition) is 4. The van der Waals surface area contributed by atoms with E-state index in [9.17, 15) is 5.11 Å². The summed E-state index contributed by atoms with van der Waals surface area (Å²) in [6, 6.07) is 6.20. The summed E-state index contributed by atoms with van der Waals surface area (Å²) in [4.78, 5) is 1.14. The second-order valence-corrected chi connectivity index (χ2v) is 5.86. The average molecular weight is 283 g/mol. The van der Waals surface area contributed by atoms with Gasteiger partial charge in [-0.3, -0.25) is 0 Å². The molecule has 0 aliphatic rings. The molecule has 1 unspecified atom stereocenters. The first-order valence-electron chi connectivity index (χ1n) is 6.65. The van der Waals surface area contributed by atoms with Gasteiger partial charge in [-0.1, -0.05) is 19.4 Å². The molecule has 0 saturated carbocycles. The van der Waals surface area contributed by atoms with E-state index in [1.807, 2.05) is 12.3 Å². The van der Waals surface area contributed by atoms with Gasteiger partial charge in [-0.05, 0) is 37.3 Å². The Morgan fingerprint density at radius 3 is 2.68 bits per heavy atom. The fourth-order valence-electron chi connectivity index (χ4n) is 2.08. The average Bonchev–Trinajstić information content (AvgIpc) is 2.45. The molecule has 108 valence electrons. The second-order valence-electron chi connectivity index (χ2n) is 5.01. The molecule has 0 bridgehead atoms. The largest absolute Gasteiger partial charge is 0.496 e. The van der Waals surface area contributed by atoms with Crippen molar-refractivity contribution < 1.29 is 9.84 Å². The number of methoxy groups -OCH3 is 1. The van der Waals surface area contributed by atoms with E-state index in [-0.39, 0.29) is 12.1 Å². The van der Waals surface area contributed by atoms with Crippen molar-refractivity contribution in [1.82, 2.24) is 5.32 Å². The normalized spacial score (nSPS) is 14.2. The van der Waals surface area contributed by atoms with E-state index in [2.05, 4.69) is 31.3 Å². The third-order valence-electron chi connectivity index (χ3n) is 3.32. The molecule has 0 amide bonds. The topological polar surface area (TPSA) is 41.5 Å². The van der Waals surface area contributed by atoms with Crippen LogP contribution in [0.4, 0.5) is 0 Å². The lowest BCUT2D eigenvalue weighted by Gasteiger charge is -2.28. The van der Waals surface area contributed by atoms with Crippen molar-refractivity contribution >= 4 is 11.8 Å². The van der Waals surface area contributed by atoms with E-state index < -0.39 is 0 Å². The van der Waals surface area contributed by atoms with Gasteiger partial charge in [0.25, 0.3) is 0 Å². The first-order chi connectivity index (χ1) is 9.08. The van der Waals surface area contributed by atoms with E-state index in [0.717, 1.165) is 30.0 Å². The molecule has 0 radical (unpaired) electrons. The number of benzene rings is 1. The second kappa shape index (κ2) is 7.78. The van der Waals surface area contributed by atoms with Gasteiger partial charge in [-0.15, -0.1) is 11.8 Å². The van der Waals surface area contributed by atoms with Crippen LogP contribution in [0.2, 0.25) is 0 Å². The molecule has 19 heavy (non-hydrogen) atoms. The molecule has 0 fully saturated rings. The van der Waals surface area contributed by atoms with Crippen molar-refractivity contribution in [3.05, 3.63) is 23.8 Å². The van der Waals surface area contributed by atoms with Crippen LogP contribution in [0.25, 0.3) is 0 Å². The molecular weight excluding hydrogens is 258 g/mol. The first-order valence-corrected chi connectivity index (χ1v) is 7.88. The molecule has 0 aliphatic heterocycles. The molecule has 4 heteroatoms. The Morgan fingerprint density at radius 1 is 1.42 bits per heavy atom. The number of ether oxygens (including phenoxy) is 1. The number of nitrogens with one attached hydrogen (secondary N) is 1. The fraction of sp³-hybridized carbons (Fsp3) is 0.600. The first kappa shape index (κ1) is 16.3. The van der Waals surface area contributed by atoms with Crippen molar-refractivity contribution in [2.75, 3.05) is 20.0 Å². The van der Waals surface area contributed by atoms with Crippen molar-refractivity contribution in [1.29, 1.82) is 0 Å². The van der Waals surface area contributed by atoms with Crippen molar-refractivity contribution in [2.24, 2.45) is 0 Å². The zero-order valence-corrected chi connectivity index (χ0v) is 13.1. The van der Waals surface area contributed by atoms with E-state index in [1.165, 1.54) is 5.56 Å². The summed E-state index contributed by atoms with van der Waals surface area (Å²) in [6.45, 7) is 5.12. The minimum absolute atomic E-state index is 0.159. The van der Waals surface area contributed by atoms with Gasteiger partial charge in [0.2, 0.25) is 0 Å². The molecule has 0 saturated heterocycles. The molecule has 0 heterocycles. The minimum Gasteiger partial charge on any atom is -0.496 e. The van der Waals surface area contributed by atoms with Crippen LogP contribution in [-0.2, 0) is 6.54 Å².